The van der Waals surface area contributed by atoms with Gasteiger partial charge in [-0.2, -0.15) is 0 Å². The van der Waals surface area contributed by atoms with E-state index >= 15 is 0 Å². The standard InChI is InChI=1S/C12H16F2N2S/c1-2-3-4-5-15-12(17)16-11-7-9(13)6-10(14)8-11/h6-8H,2-5H2,1H3,(H2,15,16,17). The molecule has 17 heavy (non-hydrogen) atoms. The first-order chi connectivity index (χ1) is 8.11. The van der Waals surface area contributed by atoms with Crippen LogP contribution in [0.1, 0.15) is 26.2 Å². The van der Waals surface area contributed by atoms with Gasteiger partial charge in [-0.1, -0.05) is 19.8 Å². The number of nitrogens with one attached hydrogen (secondary N) is 2. The lowest BCUT2D eigenvalue weighted by molar-refractivity contribution is 0.584. The SMILES string of the molecule is CCCCCNC(=S)Nc1cc(F)cc(F)c1. The predicted octanol–water partition coefficient (Wildman–Crippen LogP) is 3.44. The van der Waals surface area contributed by atoms with Gasteiger partial charge < -0.3 is 10.6 Å². The minimum absolute atomic E-state index is 0.315. The minimum atomic E-state index is -0.624. The van der Waals surface area contributed by atoms with Crippen LogP contribution in [-0.4, -0.2) is 11.7 Å². The van der Waals surface area contributed by atoms with E-state index in [1.807, 2.05) is 0 Å². The Morgan fingerprint density at radius 3 is 2.41 bits per heavy atom. The van der Waals surface area contributed by atoms with E-state index in [1.54, 1.807) is 0 Å². The fraction of sp³-hybridized carbons (Fsp3) is 0.417. The molecule has 0 amide bonds. The molecule has 2 nitrogen and oxygen atoms in total. The fourth-order valence-corrected chi connectivity index (χ4v) is 1.60. The maximum atomic E-state index is 12.9. The van der Waals surface area contributed by atoms with Crippen LogP contribution in [0.15, 0.2) is 18.2 Å². The van der Waals surface area contributed by atoms with Crippen LogP contribution in [-0.2, 0) is 0 Å². The molecule has 0 aromatic heterocycles. The van der Waals surface area contributed by atoms with Crippen molar-refractivity contribution in [1.82, 2.24) is 5.32 Å². The van der Waals surface area contributed by atoms with Gasteiger partial charge >= 0.3 is 0 Å². The van der Waals surface area contributed by atoms with Gasteiger partial charge in [-0.25, -0.2) is 8.78 Å². The van der Waals surface area contributed by atoms with E-state index in [0.29, 0.717) is 10.8 Å². The molecular weight excluding hydrogens is 242 g/mol. The lowest BCUT2D eigenvalue weighted by Crippen LogP contribution is -2.29. The number of halogens is 2. The number of anilines is 1. The van der Waals surface area contributed by atoms with Crippen LogP contribution in [0.4, 0.5) is 14.5 Å². The van der Waals surface area contributed by atoms with E-state index in [2.05, 4.69) is 17.6 Å². The first kappa shape index (κ1) is 13.8. The maximum Gasteiger partial charge on any atom is 0.170 e. The summed E-state index contributed by atoms with van der Waals surface area (Å²) in [5, 5.41) is 6.10. The van der Waals surface area contributed by atoms with Gasteiger partial charge in [0.25, 0.3) is 0 Å². The first-order valence-corrected chi connectivity index (χ1v) is 6.03. The molecule has 0 aliphatic carbocycles. The Labute approximate surface area is 105 Å². The topological polar surface area (TPSA) is 24.1 Å². The zero-order valence-corrected chi connectivity index (χ0v) is 10.5. The second-order valence-electron chi connectivity index (χ2n) is 3.75. The highest BCUT2D eigenvalue weighted by Gasteiger charge is 2.02. The second kappa shape index (κ2) is 7.17. The largest absolute Gasteiger partial charge is 0.362 e. The summed E-state index contributed by atoms with van der Waals surface area (Å²) in [4.78, 5) is 0. The summed E-state index contributed by atoms with van der Waals surface area (Å²) >= 11 is 5.01. The molecule has 2 N–H and O–H groups in total. The zero-order valence-electron chi connectivity index (χ0n) is 9.72. The molecule has 0 bridgehead atoms. The summed E-state index contributed by atoms with van der Waals surface area (Å²) < 4.78 is 25.8. The maximum absolute atomic E-state index is 12.9. The second-order valence-corrected chi connectivity index (χ2v) is 4.15. The molecule has 0 saturated carbocycles. The summed E-state index contributed by atoms with van der Waals surface area (Å²) in [7, 11) is 0. The molecule has 1 aromatic carbocycles. The van der Waals surface area contributed by atoms with Crippen molar-refractivity contribution in [2.24, 2.45) is 0 Å². The third-order valence-electron chi connectivity index (χ3n) is 2.19. The summed E-state index contributed by atoms with van der Waals surface area (Å²) in [6, 6.07) is 3.22. The van der Waals surface area contributed by atoms with Crippen LogP contribution >= 0.6 is 12.2 Å². The number of hydrogen-bond acceptors (Lipinski definition) is 1. The molecule has 0 heterocycles. The number of benzene rings is 1. The first-order valence-electron chi connectivity index (χ1n) is 5.62. The summed E-state index contributed by atoms with van der Waals surface area (Å²) in [6.07, 6.45) is 3.29. The van der Waals surface area contributed by atoms with Crippen molar-refractivity contribution < 1.29 is 8.78 Å². The normalized spacial score (nSPS) is 10.1. The molecule has 0 atom stereocenters. The van der Waals surface area contributed by atoms with Crippen molar-refractivity contribution >= 4 is 23.0 Å². The van der Waals surface area contributed by atoms with E-state index in [-0.39, 0.29) is 0 Å². The molecule has 0 unspecified atom stereocenters. The van der Waals surface area contributed by atoms with Gasteiger partial charge in [0, 0.05) is 18.3 Å². The highest BCUT2D eigenvalue weighted by atomic mass is 32.1. The number of rotatable bonds is 5. The number of thiocarbonyl (C=S) groups is 1. The van der Waals surface area contributed by atoms with Crippen LogP contribution in [0.25, 0.3) is 0 Å². The average molecular weight is 258 g/mol. The van der Waals surface area contributed by atoms with E-state index in [0.717, 1.165) is 31.9 Å². The Hall–Kier alpha value is -1.23. The van der Waals surface area contributed by atoms with Crippen molar-refractivity contribution in [3.8, 4) is 0 Å². The quantitative estimate of drug-likeness (QED) is 0.625. The van der Waals surface area contributed by atoms with Gasteiger partial charge in [0.05, 0.1) is 0 Å². The van der Waals surface area contributed by atoms with Gasteiger partial charge in [0.15, 0.2) is 5.11 Å². The molecule has 5 heteroatoms. The summed E-state index contributed by atoms with van der Waals surface area (Å²) in [5.74, 6) is -1.25. The number of unbranched alkanes of at least 4 members (excludes halogenated alkanes) is 2. The molecule has 0 spiro atoms. The van der Waals surface area contributed by atoms with Crippen LogP contribution < -0.4 is 10.6 Å². The molecule has 0 radical (unpaired) electrons. The zero-order chi connectivity index (χ0) is 12.7. The van der Waals surface area contributed by atoms with Crippen molar-refractivity contribution in [1.29, 1.82) is 0 Å². The van der Waals surface area contributed by atoms with E-state index in [9.17, 15) is 8.78 Å². The molecule has 0 aliphatic rings. The van der Waals surface area contributed by atoms with Gasteiger partial charge in [0.2, 0.25) is 0 Å². The third kappa shape index (κ3) is 5.58. The number of hydrogen-bond donors (Lipinski definition) is 2. The molecule has 1 rings (SSSR count). The average Bonchev–Trinajstić information content (AvgIpc) is 2.23. The van der Waals surface area contributed by atoms with Crippen LogP contribution in [0, 0.1) is 11.6 Å². The Morgan fingerprint density at radius 1 is 1.18 bits per heavy atom. The predicted molar refractivity (Wildman–Crippen MR) is 70.1 cm³/mol. The van der Waals surface area contributed by atoms with Crippen molar-refractivity contribution in [3.05, 3.63) is 29.8 Å². The van der Waals surface area contributed by atoms with Gasteiger partial charge in [-0.15, -0.1) is 0 Å². The third-order valence-corrected chi connectivity index (χ3v) is 2.43. The Bertz CT molecular complexity index is 363. The molecule has 0 fully saturated rings. The molecule has 0 aliphatic heterocycles. The summed E-state index contributed by atoms with van der Waals surface area (Å²) in [6.45, 7) is 2.88. The smallest absolute Gasteiger partial charge is 0.170 e. The lowest BCUT2D eigenvalue weighted by atomic mass is 10.2. The molecule has 0 saturated heterocycles. The fourth-order valence-electron chi connectivity index (χ4n) is 1.38. The van der Waals surface area contributed by atoms with Crippen LogP contribution in [0.3, 0.4) is 0 Å². The lowest BCUT2D eigenvalue weighted by Gasteiger charge is -2.10. The minimum Gasteiger partial charge on any atom is -0.362 e. The van der Waals surface area contributed by atoms with Crippen molar-refractivity contribution in [2.75, 3.05) is 11.9 Å². The molecule has 94 valence electrons. The Morgan fingerprint density at radius 2 is 1.82 bits per heavy atom. The monoisotopic (exact) mass is 258 g/mol. The Balaban J connectivity index is 2.39. The van der Waals surface area contributed by atoms with E-state index < -0.39 is 11.6 Å². The highest BCUT2D eigenvalue weighted by molar-refractivity contribution is 7.80. The van der Waals surface area contributed by atoms with E-state index in [4.69, 9.17) is 12.2 Å². The molecular formula is C12H16F2N2S. The highest BCUT2D eigenvalue weighted by Crippen LogP contribution is 2.12. The van der Waals surface area contributed by atoms with Crippen LogP contribution in [0.2, 0.25) is 0 Å². The van der Waals surface area contributed by atoms with Gasteiger partial charge in [-0.3, -0.25) is 0 Å². The van der Waals surface area contributed by atoms with Crippen molar-refractivity contribution in [3.63, 3.8) is 0 Å². The van der Waals surface area contributed by atoms with Gasteiger partial charge in [0.1, 0.15) is 11.6 Å². The summed E-state index contributed by atoms with van der Waals surface area (Å²) in [5.41, 5.74) is 0.315. The van der Waals surface area contributed by atoms with Crippen LogP contribution in [0.5, 0.6) is 0 Å². The molecule has 1 aromatic rings. The van der Waals surface area contributed by atoms with E-state index in [1.165, 1.54) is 12.1 Å². The van der Waals surface area contributed by atoms with Crippen molar-refractivity contribution in [2.45, 2.75) is 26.2 Å². The Kier molecular flexibility index (Phi) is 5.83. The van der Waals surface area contributed by atoms with Gasteiger partial charge in [-0.05, 0) is 30.8 Å².